The van der Waals surface area contributed by atoms with E-state index in [1.165, 1.54) is 24.7 Å². The minimum Gasteiger partial charge on any atom is -0.267 e. The Morgan fingerprint density at radius 3 is 2.76 bits per heavy atom. The Balaban J connectivity index is 1.95. The number of aromatic nitrogens is 1. The van der Waals surface area contributed by atoms with Crippen LogP contribution in [-0.4, -0.2) is 17.1 Å². The first-order valence-corrected chi connectivity index (χ1v) is 5.56. The van der Waals surface area contributed by atoms with Gasteiger partial charge in [0.2, 0.25) is 0 Å². The molecule has 0 bridgehead atoms. The Hall–Kier alpha value is -2.08. The maximum atomic E-state index is 12.6. The molecule has 0 atom stereocenters. The molecule has 0 fully saturated rings. The molecule has 17 heavy (non-hydrogen) atoms. The van der Waals surface area contributed by atoms with Gasteiger partial charge in [-0.15, -0.1) is 11.3 Å². The summed E-state index contributed by atoms with van der Waals surface area (Å²) in [5.74, 6) is -0.333. The topological polar surface area (TPSA) is 54.4 Å². The van der Waals surface area contributed by atoms with Crippen LogP contribution >= 0.6 is 11.3 Å². The van der Waals surface area contributed by atoms with E-state index < -0.39 is 0 Å². The summed E-state index contributed by atoms with van der Waals surface area (Å²) in [4.78, 5) is 16.0. The van der Waals surface area contributed by atoms with E-state index in [9.17, 15) is 9.18 Å². The SMILES string of the molecule is O=C(N/N=C\c1ccc(F)s1)c1ccncc1. The van der Waals surface area contributed by atoms with Crippen LogP contribution in [0.4, 0.5) is 4.39 Å². The molecule has 2 aromatic heterocycles. The van der Waals surface area contributed by atoms with Crippen molar-refractivity contribution in [1.29, 1.82) is 0 Å². The minimum atomic E-state index is -0.333. The molecular formula is C11H8FN3OS. The van der Waals surface area contributed by atoms with Crippen LogP contribution in [0.5, 0.6) is 0 Å². The zero-order valence-corrected chi connectivity index (χ0v) is 9.45. The van der Waals surface area contributed by atoms with Crippen LogP contribution in [0, 0.1) is 5.13 Å². The summed E-state index contributed by atoms with van der Waals surface area (Å²) in [6.45, 7) is 0. The highest BCUT2D eigenvalue weighted by Crippen LogP contribution is 2.11. The molecule has 1 N–H and O–H groups in total. The van der Waals surface area contributed by atoms with Gasteiger partial charge in [-0.3, -0.25) is 9.78 Å². The van der Waals surface area contributed by atoms with Crippen molar-refractivity contribution >= 4 is 23.5 Å². The molecular weight excluding hydrogens is 241 g/mol. The second kappa shape index (κ2) is 5.31. The van der Waals surface area contributed by atoms with Gasteiger partial charge >= 0.3 is 0 Å². The van der Waals surface area contributed by atoms with E-state index in [0.717, 1.165) is 11.3 Å². The van der Waals surface area contributed by atoms with Gasteiger partial charge in [-0.05, 0) is 24.3 Å². The van der Waals surface area contributed by atoms with Gasteiger partial charge in [0.05, 0.1) is 11.1 Å². The molecule has 2 rings (SSSR count). The summed E-state index contributed by atoms with van der Waals surface area (Å²) in [6.07, 6.45) is 4.44. The first kappa shape index (κ1) is 11.4. The first-order valence-electron chi connectivity index (χ1n) is 4.74. The Kier molecular flexibility index (Phi) is 3.56. The molecule has 0 radical (unpaired) electrons. The van der Waals surface area contributed by atoms with E-state index in [0.29, 0.717) is 10.4 Å². The molecule has 6 heteroatoms. The average molecular weight is 249 g/mol. The van der Waals surface area contributed by atoms with E-state index in [1.54, 1.807) is 18.2 Å². The summed E-state index contributed by atoms with van der Waals surface area (Å²) < 4.78 is 12.6. The number of pyridine rings is 1. The molecule has 0 aliphatic rings. The number of hydrogen-bond acceptors (Lipinski definition) is 4. The van der Waals surface area contributed by atoms with Crippen molar-refractivity contribution in [3.05, 3.63) is 52.2 Å². The van der Waals surface area contributed by atoms with Crippen LogP contribution in [0.15, 0.2) is 41.8 Å². The molecule has 0 spiro atoms. The second-order valence-electron chi connectivity index (χ2n) is 3.08. The highest BCUT2D eigenvalue weighted by molar-refractivity contribution is 7.12. The highest BCUT2D eigenvalue weighted by Gasteiger charge is 2.02. The lowest BCUT2D eigenvalue weighted by atomic mass is 10.3. The number of halogens is 1. The molecule has 0 saturated carbocycles. The van der Waals surface area contributed by atoms with E-state index in [4.69, 9.17) is 0 Å². The fraction of sp³-hybridized carbons (Fsp3) is 0. The van der Waals surface area contributed by atoms with Gasteiger partial charge in [0.15, 0.2) is 5.13 Å². The van der Waals surface area contributed by atoms with Crippen LogP contribution in [0.1, 0.15) is 15.2 Å². The number of amides is 1. The van der Waals surface area contributed by atoms with Crippen molar-refractivity contribution in [2.75, 3.05) is 0 Å². The Bertz CT molecular complexity index is 539. The molecule has 2 aromatic rings. The summed E-state index contributed by atoms with van der Waals surface area (Å²) in [7, 11) is 0. The largest absolute Gasteiger partial charge is 0.271 e. The van der Waals surface area contributed by atoms with Crippen molar-refractivity contribution < 1.29 is 9.18 Å². The van der Waals surface area contributed by atoms with Crippen LogP contribution in [0.3, 0.4) is 0 Å². The third-order valence-corrected chi connectivity index (χ3v) is 2.70. The lowest BCUT2D eigenvalue weighted by molar-refractivity contribution is 0.0955. The van der Waals surface area contributed by atoms with E-state index in [2.05, 4.69) is 15.5 Å². The fourth-order valence-electron chi connectivity index (χ4n) is 1.12. The van der Waals surface area contributed by atoms with Gasteiger partial charge in [-0.25, -0.2) is 5.43 Å². The van der Waals surface area contributed by atoms with E-state index in [-0.39, 0.29) is 11.0 Å². The smallest absolute Gasteiger partial charge is 0.267 e. The average Bonchev–Trinajstić information content (AvgIpc) is 2.76. The molecule has 1 amide bonds. The Morgan fingerprint density at radius 1 is 1.35 bits per heavy atom. The molecule has 0 aliphatic heterocycles. The third kappa shape index (κ3) is 3.18. The van der Waals surface area contributed by atoms with Crippen LogP contribution in [0.2, 0.25) is 0 Å². The number of carbonyl (C=O) groups is 1. The summed E-state index contributed by atoms with van der Waals surface area (Å²) in [5.41, 5.74) is 2.81. The molecule has 4 nitrogen and oxygen atoms in total. The molecule has 0 aliphatic carbocycles. The van der Waals surface area contributed by atoms with E-state index >= 15 is 0 Å². The lowest BCUT2D eigenvalue weighted by Gasteiger charge is -1.97. The molecule has 86 valence electrons. The highest BCUT2D eigenvalue weighted by atomic mass is 32.1. The maximum Gasteiger partial charge on any atom is 0.271 e. The summed E-state index contributed by atoms with van der Waals surface area (Å²) >= 11 is 0.958. The van der Waals surface area contributed by atoms with E-state index in [1.807, 2.05) is 0 Å². The van der Waals surface area contributed by atoms with Gasteiger partial charge in [0, 0.05) is 18.0 Å². The molecule has 0 unspecified atom stereocenters. The zero-order valence-electron chi connectivity index (χ0n) is 8.63. The van der Waals surface area contributed by atoms with Gasteiger partial charge in [0.25, 0.3) is 5.91 Å². The van der Waals surface area contributed by atoms with Crippen LogP contribution < -0.4 is 5.43 Å². The molecule has 0 saturated heterocycles. The summed E-state index contributed by atoms with van der Waals surface area (Å²) in [6, 6.07) is 6.09. The van der Waals surface area contributed by atoms with Crippen molar-refractivity contribution in [2.45, 2.75) is 0 Å². The number of carbonyl (C=O) groups excluding carboxylic acids is 1. The zero-order chi connectivity index (χ0) is 12.1. The van der Waals surface area contributed by atoms with Gasteiger partial charge in [0.1, 0.15) is 0 Å². The van der Waals surface area contributed by atoms with Crippen molar-refractivity contribution in [2.24, 2.45) is 5.10 Å². The normalized spacial score (nSPS) is 10.6. The number of thiophene rings is 1. The standard InChI is InChI=1S/C11H8FN3OS/c12-10-2-1-9(17-10)7-14-15-11(16)8-3-5-13-6-4-8/h1-7H,(H,15,16)/b14-7-. The summed E-state index contributed by atoms with van der Waals surface area (Å²) in [5, 5.41) is 3.44. The number of nitrogens with zero attached hydrogens (tertiary/aromatic N) is 2. The predicted octanol–water partition coefficient (Wildman–Crippen LogP) is 2.05. The molecule has 2 heterocycles. The monoisotopic (exact) mass is 249 g/mol. The fourth-order valence-corrected chi connectivity index (χ4v) is 1.72. The maximum absolute atomic E-state index is 12.6. The van der Waals surface area contributed by atoms with Gasteiger partial charge in [-0.1, -0.05) is 0 Å². The number of rotatable bonds is 3. The van der Waals surface area contributed by atoms with Crippen molar-refractivity contribution in [1.82, 2.24) is 10.4 Å². The van der Waals surface area contributed by atoms with Crippen LogP contribution in [0.25, 0.3) is 0 Å². The van der Waals surface area contributed by atoms with Gasteiger partial charge in [-0.2, -0.15) is 9.49 Å². The van der Waals surface area contributed by atoms with Gasteiger partial charge < -0.3 is 0 Å². The third-order valence-electron chi connectivity index (χ3n) is 1.89. The Morgan fingerprint density at radius 2 is 2.12 bits per heavy atom. The van der Waals surface area contributed by atoms with Crippen LogP contribution in [-0.2, 0) is 0 Å². The number of hydrogen-bond donors (Lipinski definition) is 1. The predicted molar refractivity (Wildman–Crippen MR) is 63.6 cm³/mol. The number of hydrazone groups is 1. The quantitative estimate of drug-likeness (QED) is 0.668. The second-order valence-corrected chi connectivity index (χ2v) is 4.14. The first-order chi connectivity index (χ1) is 8.25. The van der Waals surface area contributed by atoms with Crippen molar-refractivity contribution in [3.8, 4) is 0 Å². The minimum absolute atomic E-state index is 0.285. The molecule has 0 aromatic carbocycles. The lowest BCUT2D eigenvalue weighted by Crippen LogP contribution is -2.17. The number of nitrogens with one attached hydrogen (secondary N) is 1. The van der Waals surface area contributed by atoms with Crippen molar-refractivity contribution in [3.63, 3.8) is 0 Å². The Labute approximate surface area is 101 Å².